The monoisotopic (exact) mass is 292 g/mol. The van der Waals surface area contributed by atoms with Gasteiger partial charge in [0.05, 0.1) is 12.2 Å². The zero-order chi connectivity index (χ0) is 15.1. The lowest BCUT2D eigenvalue weighted by Gasteiger charge is -2.36. The van der Waals surface area contributed by atoms with Crippen molar-refractivity contribution < 1.29 is 9.53 Å². The summed E-state index contributed by atoms with van der Waals surface area (Å²) in [6.07, 6.45) is 10.2. The van der Waals surface area contributed by atoms with Crippen LogP contribution in [0.4, 0.5) is 0 Å². The predicted molar refractivity (Wildman–Crippen MR) is 81.6 cm³/mol. The van der Waals surface area contributed by atoms with E-state index in [1.807, 2.05) is 6.92 Å². The van der Waals surface area contributed by atoms with Gasteiger partial charge in [-0.2, -0.15) is 5.26 Å². The Morgan fingerprint density at radius 2 is 1.86 bits per heavy atom. The minimum atomic E-state index is -0.611. The van der Waals surface area contributed by atoms with E-state index in [0.717, 1.165) is 45.1 Å². The van der Waals surface area contributed by atoms with Crippen LogP contribution in [0, 0.1) is 17.2 Å². The lowest BCUT2D eigenvalue weighted by Crippen LogP contribution is -2.49. The number of ether oxygens (including phenoxy) is 1. The van der Waals surface area contributed by atoms with Gasteiger partial charge < -0.3 is 10.1 Å². The lowest BCUT2D eigenvalue weighted by molar-refractivity contribution is -0.125. The molecule has 2 saturated carbocycles. The molecule has 0 heterocycles. The van der Waals surface area contributed by atoms with Crippen LogP contribution < -0.4 is 5.32 Å². The van der Waals surface area contributed by atoms with Crippen molar-refractivity contribution in [3.05, 3.63) is 0 Å². The van der Waals surface area contributed by atoms with Crippen LogP contribution in [0.2, 0.25) is 0 Å². The van der Waals surface area contributed by atoms with Crippen LogP contribution in [-0.4, -0.2) is 24.2 Å². The van der Waals surface area contributed by atoms with E-state index in [9.17, 15) is 10.1 Å². The van der Waals surface area contributed by atoms with Gasteiger partial charge in [-0.05, 0) is 38.5 Å². The Bertz CT molecular complexity index is 375. The van der Waals surface area contributed by atoms with Crippen LogP contribution in [0.1, 0.15) is 71.1 Å². The van der Waals surface area contributed by atoms with E-state index in [-0.39, 0.29) is 5.91 Å². The molecule has 2 fully saturated rings. The summed E-state index contributed by atoms with van der Waals surface area (Å²) in [7, 11) is 0. The summed E-state index contributed by atoms with van der Waals surface area (Å²) < 4.78 is 5.53. The van der Waals surface area contributed by atoms with Gasteiger partial charge in [-0.1, -0.05) is 32.1 Å². The maximum absolute atomic E-state index is 12.2. The maximum Gasteiger partial charge on any atom is 0.221 e. The van der Waals surface area contributed by atoms with E-state index in [4.69, 9.17) is 4.74 Å². The highest BCUT2D eigenvalue weighted by Crippen LogP contribution is 2.33. The molecule has 0 aromatic heterocycles. The minimum Gasteiger partial charge on any atom is -0.378 e. The second kappa shape index (κ2) is 7.79. The molecule has 2 rings (SSSR count). The number of hydrogen-bond acceptors (Lipinski definition) is 3. The Balaban J connectivity index is 1.78. The van der Waals surface area contributed by atoms with Crippen molar-refractivity contribution in [3.8, 4) is 6.07 Å². The van der Waals surface area contributed by atoms with Crippen LogP contribution in [0.15, 0.2) is 0 Å². The highest BCUT2D eigenvalue weighted by atomic mass is 16.5. The molecule has 1 amide bonds. The summed E-state index contributed by atoms with van der Waals surface area (Å²) in [4.78, 5) is 12.2. The number of nitrogens with one attached hydrogen (secondary N) is 1. The normalized spacial score (nSPS) is 28.6. The molecule has 118 valence electrons. The molecule has 0 aromatic carbocycles. The minimum absolute atomic E-state index is 0.0528. The first-order chi connectivity index (χ1) is 10.2. The summed E-state index contributed by atoms with van der Waals surface area (Å²) in [6.45, 7) is 2.76. The molecule has 0 aliphatic heterocycles. The van der Waals surface area contributed by atoms with Gasteiger partial charge in [0, 0.05) is 13.0 Å². The van der Waals surface area contributed by atoms with Gasteiger partial charge in [-0.25, -0.2) is 0 Å². The first-order valence-electron chi connectivity index (χ1n) is 8.51. The largest absolute Gasteiger partial charge is 0.378 e. The third-order valence-corrected chi connectivity index (χ3v) is 4.87. The Labute approximate surface area is 128 Å². The van der Waals surface area contributed by atoms with Gasteiger partial charge in [0.1, 0.15) is 5.54 Å². The molecule has 21 heavy (non-hydrogen) atoms. The maximum atomic E-state index is 12.2. The smallest absolute Gasteiger partial charge is 0.221 e. The fourth-order valence-electron chi connectivity index (χ4n) is 3.57. The first-order valence-corrected chi connectivity index (χ1v) is 8.51. The molecule has 4 nitrogen and oxygen atoms in total. The average Bonchev–Trinajstić information content (AvgIpc) is 2.40. The highest BCUT2D eigenvalue weighted by molar-refractivity contribution is 5.77. The zero-order valence-electron chi connectivity index (χ0n) is 13.2. The van der Waals surface area contributed by atoms with E-state index in [2.05, 4.69) is 11.4 Å². The number of nitrogens with zero attached hydrogens (tertiary/aromatic N) is 1. The summed E-state index contributed by atoms with van der Waals surface area (Å²) >= 11 is 0. The van der Waals surface area contributed by atoms with E-state index >= 15 is 0 Å². The van der Waals surface area contributed by atoms with E-state index in [0.29, 0.717) is 18.4 Å². The summed E-state index contributed by atoms with van der Waals surface area (Å²) in [5.74, 6) is 0.489. The van der Waals surface area contributed by atoms with Gasteiger partial charge in [-0.15, -0.1) is 0 Å². The van der Waals surface area contributed by atoms with Gasteiger partial charge >= 0.3 is 0 Å². The van der Waals surface area contributed by atoms with E-state index in [1.165, 1.54) is 19.3 Å². The van der Waals surface area contributed by atoms with Crippen LogP contribution in [-0.2, 0) is 9.53 Å². The van der Waals surface area contributed by atoms with Crippen molar-refractivity contribution in [1.82, 2.24) is 5.32 Å². The van der Waals surface area contributed by atoms with E-state index in [1.54, 1.807) is 0 Å². The lowest BCUT2D eigenvalue weighted by atomic mass is 9.79. The van der Waals surface area contributed by atoms with Crippen LogP contribution in [0.25, 0.3) is 0 Å². The van der Waals surface area contributed by atoms with Crippen LogP contribution in [0.3, 0.4) is 0 Å². The quantitative estimate of drug-likeness (QED) is 0.845. The summed E-state index contributed by atoms with van der Waals surface area (Å²) in [5.41, 5.74) is -0.611. The molecule has 0 bridgehead atoms. The van der Waals surface area contributed by atoms with Crippen LogP contribution >= 0.6 is 0 Å². The molecular formula is C17H28N2O2. The van der Waals surface area contributed by atoms with Crippen LogP contribution in [0.5, 0.6) is 0 Å². The summed E-state index contributed by atoms with van der Waals surface area (Å²) in [6, 6.07) is 2.40. The Kier molecular flexibility index (Phi) is 6.05. The number of carbonyl (C=O) groups excluding carboxylic acids is 1. The molecule has 1 N–H and O–H groups in total. The Morgan fingerprint density at radius 1 is 1.24 bits per heavy atom. The fraction of sp³-hybridized carbons (Fsp3) is 0.882. The third-order valence-electron chi connectivity index (χ3n) is 4.87. The predicted octanol–water partition coefficient (Wildman–Crippen LogP) is 3.31. The molecule has 0 radical (unpaired) electrons. The van der Waals surface area contributed by atoms with Crippen molar-refractivity contribution in [2.45, 2.75) is 82.8 Å². The molecule has 2 aliphatic carbocycles. The van der Waals surface area contributed by atoms with Crippen molar-refractivity contribution in [2.24, 2.45) is 5.92 Å². The van der Waals surface area contributed by atoms with Crippen molar-refractivity contribution in [1.29, 1.82) is 5.26 Å². The molecule has 2 aliphatic rings. The third kappa shape index (κ3) is 4.71. The highest BCUT2D eigenvalue weighted by Gasteiger charge is 2.35. The first kappa shape index (κ1) is 16.3. The molecule has 0 aromatic rings. The van der Waals surface area contributed by atoms with Crippen molar-refractivity contribution in [3.63, 3.8) is 0 Å². The van der Waals surface area contributed by atoms with Crippen molar-refractivity contribution in [2.75, 3.05) is 6.61 Å². The number of amides is 1. The summed E-state index contributed by atoms with van der Waals surface area (Å²) in [5, 5.41) is 12.6. The molecule has 4 heteroatoms. The van der Waals surface area contributed by atoms with Crippen molar-refractivity contribution >= 4 is 5.91 Å². The SMILES string of the molecule is CCOC1CC(CC(=O)NC2(C#N)CCCCCCC2)C1. The molecule has 0 spiro atoms. The molecule has 0 unspecified atom stereocenters. The molecule has 0 atom stereocenters. The fourth-order valence-corrected chi connectivity index (χ4v) is 3.57. The van der Waals surface area contributed by atoms with Gasteiger partial charge in [0.25, 0.3) is 0 Å². The molecule has 0 saturated heterocycles. The number of rotatable bonds is 5. The average molecular weight is 292 g/mol. The van der Waals surface area contributed by atoms with Gasteiger partial charge in [0.2, 0.25) is 5.91 Å². The second-order valence-electron chi connectivity index (χ2n) is 6.63. The number of nitriles is 1. The standard InChI is InChI=1S/C17H28N2O2/c1-2-21-15-10-14(11-15)12-16(20)19-17(13-18)8-6-4-3-5-7-9-17/h14-15H,2-12H2,1H3,(H,19,20). The Hall–Kier alpha value is -1.08. The Morgan fingerprint density at radius 3 is 2.43 bits per heavy atom. The number of hydrogen-bond donors (Lipinski definition) is 1. The molecular weight excluding hydrogens is 264 g/mol. The number of carbonyl (C=O) groups is 1. The zero-order valence-corrected chi connectivity index (χ0v) is 13.2. The van der Waals surface area contributed by atoms with Gasteiger partial charge in [0.15, 0.2) is 0 Å². The van der Waals surface area contributed by atoms with E-state index < -0.39 is 5.54 Å². The second-order valence-corrected chi connectivity index (χ2v) is 6.63. The topological polar surface area (TPSA) is 62.1 Å². The van der Waals surface area contributed by atoms with Gasteiger partial charge in [-0.3, -0.25) is 4.79 Å².